The Balaban J connectivity index is 2.12. The quantitative estimate of drug-likeness (QED) is 0.883. The summed E-state index contributed by atoms with van der Waals surface area (Å²) in [6.07, 6.45) is 0.989. The smallest absolute Gasteiger partial charge is 0.118 e. The summed E-state index contributed by atoms with van der Waals surface area (Å²) in [5, 5.41) is 3.38. The Morgan fingerprint density at radius 3 is 2.16 bits per heavy atom. The number of nitrogens with one attached hydrogen (secondary N) is 1. The van der Waals surface area contributed by atoms with Crippen LogP contribution < -0.4 is 10.1 Å². The number of hydrogen-bond donors (Lipinski definition) is 1. The highest BCUT2D eigenvalue weighted by Gasteiger charge is 2.10. The predicted molar refractivity (Wildman–Crippen MR) is 79.7 cm³/mol. The van der Waals surface area contributed by atoms with Crippen LogP contribution in [0.15, 0.2) is 48.5 Å². The third kappa shape index (κ3) is 3.58. The second kappa shape index (κ2) is 6.39. The van der Waals surface area contributed by atoms with Gasteiger partial charge in [-0.3, -0.25) is 0 Å². The predicted octanol–water partition coefficient (Wildman–Crippen LogP) is 3.51. The molecule has 2 heteroatoms. The fourth-order valence-electron chi connectivity index (χ4n) is 2.18. The van der Waals surface area contributed by atoms with E-state index in [-0.39, 0.29) is 0 Å². The number of aryl methyl sites for hydroxylation is 1. The number of hydrogen-bond acceptors (Lipinski definition) is 2. The average molecular weight is 255 g/mol. The van der Waals surface area contributed by atoms with Gasteiger partial charge in [-0.05, 0) is 43.7 Å². The molecule has 0 heterocycles. The van der Waals surface area contributed by atoms with Gasteiger partial charge in [0.25, 0.3) is 0 Å². The van der Waals surface area contributed by atoms with Crippen LogP contribution in [0.3, 0.4) is 0 Å². The number of methoxy groups -OCH3 is 1. The van der Waals surface area contributed by atoms with Crippen LogP contribution in [0.1, 0.15) is 22.7 Å². The maximum atomic E-state index is 5.19. The minimum absolute atomic E-state index is 0.327. The van der Waals surface area contributed by atoms with Crippen LogP contribution in [-0.2, 0) is 6.42 Å². The minimum atomic E-state index is 0.327. The first-order valence-corrected chi connectivity index (χ1v) is 6.59. The minimum Gasteiger partial charge on any atom is -0.497 e. The van der Waals surface area contributed by atoms with E-state index in [2.05, 4.69) is 48.6 Å². The van der Waals surface area contributed by atoms with Crippen molar-refractivity contribution in [2.24, 2.45) is 0 Å². The van der Waals surface area contributed by atoms with Gasteiger partial charge in [0.1, 0.15) is 5.75 Å². The molecule has 0 radical (unpaired) electrons. The number of benzene rings is 2. The van der Waals surface area contributed by atoms with Gasteiger partial charge in [0, 0.05) is 6.04 Å². The van der Waals surface area contributed by atoms with Crippen molar-refractivity contribution >= 4 is 0 Å². The molecule has 2 aromatic carbocycles. The molecular weight excluding hydrogens is 234 g/mol. The summed E-state index contributed by atoms with van der Waals surface area (Å²) in [7, 11) is 3.69. The highest BCUT2D eigenvalue weighted by Crippen LogP contribution is 2.21. The van der Waals surface area contributed by atoms with Crippen molar-refractivity contribution in [1.29, 1.82) is 0 Å². The van der Waals surface area contributed by atoms with E-state index in [9.17, 15) is 0 Å². The van der Waals surface area contributed by atoms with Gasteiger partial charge < -0.3 is 10.1 Å². The fourth-order valence-corrected chi connectivity index (χ4v) is 2.18. The first-order chi connectivity index (χ1) is 9.22. The lowest BCUT2D eigenvalue weighted by Crippen LogP contribution is -2.18. The van der Waals surface area contributed by atoms with Gasteiger partial charge in [0.05, 0.1) is 7.11 Å². The zero-order chi connectivity index (χ0) is 13.7. The van der Waals surface area contributed by atoms with Gasteiger partial charge in [0.15, 0.2) is 0 Å². The highest BCUT2D eigenvalue weighted by molar-refractivity contribution is 5.31. The number of likely N-dealkylation sites (N-methyl/N-ethyl adjacent to an activating group) is 1. The van der Waals surface area contributed by atoms with E-state index in [0.717, 1.165) is 12.2 Å². The molecule has 0 aliphatic heterocycles. The zero-order valence-electron chi connectivity index (χ0n) is 11.8. The Hall–Kier alpha value is -1.80. The van der Waals surface area contributed by atoms with Crippen molar-refractivity contribution in [2.45, 2.75) is 19.4 Å². The van der Waals surface area contributed by atoms with Crippen LogP contribution in [0.2, 0.25) is 0 Å². The Morgan fingerprint density at radius 1 is 1.00 bits per heavy atom. The largest absolute Gasteiger partial charge is 0.497 e. The number of ether oxygens (including phenoxy) is 1. The van der Waals surface area contributed by atoms with Crippen LogP contribution in [0.5, 0.6) is 5.75 Å². The lowest BCUT2D eigenvalue weighted by molar-refractivity contribution is 0.414. The van der Waals surface area contributed by atoms with Crippen molar-refractivity contribution in [1.82, 2.24) is 5.32 Å². The summed E-state index contributed by atoms with van der Waals surface area (Å²) in [6, 6.07) is 17.3. The van der Waals surface area contributed by atoms with Gasteiger partial charge in [0.2, 0.25) is 0 Å². The Kier molecular flexibility index (Phi) is 4.58. The second-order valence-corrected chi connectivity index (χ2v) is 4.80. The van der Waals surface area contributed by atoms with Crippen molar-refractivity contribution in [3.8, 4) is 5.75 Å². The molecule has 0 unspecified atom stereocenters. The van der Waals surface area contributed by atoms with E-state index in [1.165, 1.54) is 16.7 Å². The monoisotopic (exact) mass is 255 g/mol. The summed E-state index contributed by atoms with van der Waals surface area (Å²) >= 11 is 0. The van der Waals surface area contributed by atoms with Crippen LogP contribution in [0.4, 0.5) is 0 Å². The molecule has 0 amide bonds. The molecule has 2 rings (SSSR count). The lowest BCUT2D eigenvalue weighted by Gasteiger charge is -2.17. The van der Waals surface area contributed by atoms with Crippen molar-refractivity contribution in [3.63, 3.8) is 0 Å². The third-order valence-electron chi connectivity index (χ3n) is 3.43. The molecule has 100 valence electrons. The first kappa shape index (κ1) is 13.6. The summed E-state index contributed by atoms with van der Waals surface area (Å²) in [4.78, 5) is 0. The molecule has 1 atom stereocenters. The Labute approximate surface area is 115 Å². The summed E-state index contributed by atoms with van der Waals surface area (Å²) in [5.41, 5.74) is 3.93. The third-order valence-corrected chi connectivity index (χ3v) is 3.43. The van der Waals surface area contributed by atoms with Gasteiger partial charge in [-0.15, -0.1) is 0 Å². The van der Waals surface area contributed by atoms with Gasteiger partial charge >= 0.3 is 0 Å². The topological polar surface area (TPSA) is 21.3 Å². The molecule has 0 bridgehead atoms. The Bertz CT molecular complexity index is 502. The van der Waals surface area contributed by atoms with Gasteiger partial charge in [-0.2, -0.15) is 0 Å². The highest BCUT2D eigenvalue weighted by atomic mass is 16.5. The van der Waals surface area contributed by atoms with E-state index < -0.39 is 0 Å². The van der Waals surface area contributed by atoms with Crippen molar-refractivity contribution in [2.75, 3.05) is 14.2 Å². The number of rotatable bonds is 5. The molecule has 0 fully saturated rings. The standard InChI is InChI=1S/C17H21NO/c1-13-4-6-14(7-5-13)12-17(18-2)15-8-10-16(19-3)11-9-15/h4-11,17-18H,12H2,1-3H3/t17-/m0/s1. The van der Waals surface area contributed by atoms with Crippen molar-refractivity contribution in [3.05, 3.63) is 65.2 Å². The lowest BCUT2D eigenvalue weighted by atomic mass is 9.98. The molecule has 19 heavy (non-hydrogen) atoms. The molecule has 2 aromatic rings. The van der Waals surface area contributed by atoms with Crippen LogP contribution in [0.25, 0.3) is 0 Å². The molecule has 0 spiro atoms. The summed E-state index contributed by atoms with van der Waals surface area (Å²) in [5.74, 6) is 0.897. The fraction of sp³-hybridized carbons (Fsp3) is 0.294. The van der Waals surface area contributed by atoms with E-state index >= 15 is 0 Å². The molecule has 0 saturated carbocycles. The molecular formula is C17H21NO. The molecule has 0 aliphatic carbocycles. The molecule has 1 N–H and O–H groups in total. The van der Waals surface area contributed by atoms with E-state index in [0.29, 0.717) is 6.04 Å². The van der Waals surface area contributed by atoms with Crippen LogP contribution in [0, 0.1) is 6.92 Å². The maximum Gasteiger partial charge on any atom is 0.118 e. The normalized spacial score (nSPS) is 12.2. The molecule has 2 nitrogen and oxygen atoms in total. The van der Waals surface area contributed by atoms with Crippen LogP contribution in [-0.4, -0.2) is 14.2 Å². The van der Waals surface area contributed by atoms with E-state index in [1.807, 2.05) is 19.2 Å². The molecule has 0 saturated heterocycles. The van der Waals surface area contributed by atoms with E-state index in [1.54, 1.807) is 7.11 Å². The average Bonchev–Trinajstić information content (AvgIpc) is 2.47. The van der Waals surface area contributed by atoms with E-state index in [4.69, 9.17) is 4.74 Å². The van der Waals surface area contributed by atoms with Crippen molar-refractivity contribution < 1.29 is 4.74 Å². The second-order valence-electron chi connectivity index (χ2n) is 4.80. The first-order valence-electron chi connectivity index (χ1n) is 6.59. The molecule has 0 aromatic heterocycles. The van der Waals surface area contributed by atoms with Crippen LogP contribution >= 0.6 is 0 Å². The zero-order valence-corrected chi connectivity index (χ0v) is 11.8. The molecule has 0 aliphatic rings. The summed E-state index contributed by atoms with van der Waals surface area (Å²) < 4.78 is 5.19. The SMILES string of the molecule is CN[C@@H](Cc1ccc(C)cc1)c1ccc(OC)cc1. The van der Waals surface area contributed by atoms with Gasteiger partial charge in [-0.1, -0.05) is 42.0 Å². The maximum absolute atomic E-state index is 5.19. The summed E-state index contributed by atoms with van der Waals surface area (Å²) in [6.45, 7) is 2.11. The Morgan fingerprint density at radius 2 is 1.63 bits per heavy atom. The van der Waals surface area contributed by atoms with Gasteiger partial charge in [-0.25, -0.2) is 0 Å².